The van der Waals surface area contributed by atoms with Gasteiger partial charge in [0.1, 0.15) is 5.60 Å². The topological polar surface area (TPSA) is 81.6 Å². The van der Waals surface area contributed by atoms with Crippen LogP contribution >= 0.6 is 0 Å². The fourth-order valence-corrected chi connectivity index (χ4v) is 1.72. The Morgan fingerprint density at radius 3 is 2.60 bits per heavy atom. The highest BCUT2D eigenvalue weighted by molar-refractivity contribution is 5.69. The third-order valence-corrected chi connectivity index (χ3v) is 2.35. The molecule has 1 aliphatic heterocycles. The van der Waals surface area contributed by atoms with E-state index < -0.39 is 5.60 Å². The van der Waals surface area contributed by atoms with Gasteiger partial charge in [-0.25, -0.2) is 4.79 Å². The first kappa shape index (κ1) is 12.3. The van der Waals surface area contributed by atoms with Crippen LogP contribution in [0.3, 0.4) is 0 Å². The Morgan fingerprint density at radius 1 is 1.53 bits per heavy atom. The number of carbonyl (C=O) groups is 1. The average molecular weight is 215 g/mol. The largest absolute Gasteiger partial charge is 0.444 e. The van der Waals surface area contributed by atoms with Gasteiger partial charge in [0.15, 0.2) is 0 Å². The fraction of sp³-hybridized carbons (Fsp3) is 0.900. The zero-order valence-corrected chi connectivity index (χ0v) is 9.69. The second kappa shape index (κ2) is 4.37. The van der Waals surface area contributed by atoms with E-state index in [1.54, 1.807) is 4.90 Å². The van der Waals surface area contributed by atoms with Crippen molar-refractivity contribution < 1.29 is 9.53 Å². The number of likely N-dealkylation sites (tertiary alicyclic amines) is 1. The summed E-state index contributed by atoms with van der Waals surface area (Å²) < 4.78 is 5.28. The second-order valence-corrected chi connectivity index (χ2v) is 5.02. The molecule has 0 radical (unpaired) electrons. The third kappa shape index (κ3) is 3.35. The zero-order valence-electron chi connectivity index (χ0n) is 9.69. The Labute approximate surface area is 90.7 Å². The molecule has 0 aromatic rings. The highest BCUT2D eigenvalue weighted by Crippen LogP contribution is 2.19. The van der Waals surface area contributed by atoms with Gasteiger partial charge in [0.25, 0.3) is 0 Å². The summed E-state index contributed by atoms with van der Waals surface area (Å²) in [5.41, 5.74) is 10.9. The molecule has 1 rings (SSSR count). The average Bonchev–Trinajstić information content (AvgIpc) is 2.43. The first-order valence-corrected chi connectivity index (χ1v) is 5.28. The van der Waals surface area contributed by atoms with Crippen LogP contribution < -0.4 is 11.5 Å². The molecule has 1 fully saturated rings. The molecule has 1 heterocycles. The van der Waals surface area contributed by atoms with Gasteiger partial charge < -0.3 is 21.1 Å². The number of rotatable bonds is 1. The lowest BCUT2D eigenvalue weighted by Crippen LogP contribution is -2.43. The zero-order chi connectivity index (χ0) is 11.6. The lowest BCUT2D eigenvalue weighted by atomic mass is 10.2. The summed E-state index contributed by atoms with van der Waals surface area (Å²) in [6, 6.07) is 0.0425. The first-order valence-electron chi connectivity index (χ1n) is 5.28. The number of nitrogens with two attached hydrogens (primary N) is 2. The van der Waals surface area contributed by atoms with Crippen LogP contribution in [0.1, 0.15) is 27.2 Å². The lowest BCUT2D eigenvalue weighted by molar-refractivity contribution is 0.0230. The Bertz CT molecular complexity index is 237. The van der Waals surface area contributed by atoms with Crippen LogP contribution in [0.15, 0.2) is 0 Å². The second-order valence-electron chi connectivity index (χ2n) is 5.02. The molecule has 88 valence electrons. The molecule has 2 atom stereocenters. The molecular formula is C10H21N3O2. The van der Waals surface area contributed by atoms with Crippen molar-refractivity contribution in [1.82, 2.24) is 4.90 Å². The number of hydrogen-bond donors (Lipinski definition) is 2. The maximum Gasteiger partial charge on any atom is 0.410 e. The van der Waals surface area contributed by atoms with Crippen molar-refractivity contribution in [1.29, 1.82) is 0 Å². The third-order valence-electron chi connectivity index (χ3n) is 2.35. The smallest absolute Gasteiger partial charge is 0.410 e. The summed E-state index contributed by atoms with van der Waals surface area (Å²) in [5, 5.41) is 0. The molecule has 0 bridgehead atoms. The van der Waals surface area contributed by atoms with Crippen LogP contribution in [-0.2, 0) is 4.74 Å². The van der Waals surface area contributed by atoms with Crippen molar-refractivity contribution in [2.75, 3.05) is 13.1 Å². The molecule has 1 saturated heterocycles. The van der Waals surface area contributed by atoms with E-state index in [1.165, 1.54) is 0 Å². The summed E-state index contributed by atoms with van der Waals surface area (Å²) in [6.45, 7) is 6.51. The minimum absolute atomic E-state index is 0.0195. The van der Waals surface area contributed by atoms with E-state index in [1.807, 2.05) is 20.8 Å². The van der Waals surface area contributed by atoms with E-state index in [0.717, 1.165) is 6.42 Å². The number of amides is 1. The molecule has 15 heavy (non-hydrogen) atoms. The number of ether oxygens (including phenoxy) is 1. The van der Waals surface area contributed by atoms with Gasteiger partial charge in [-0.15, -0.1) is 0 Å². The van der Waals surface area contributed by atoms with Gasteiger partial charge in [0.2, 0.25) is 0 Å². The van der Waals surface area contributed by atoms with E-state index in [9.17, 15) is 4.79 Å². The molecule has 1 amide bonds. The Kier molecular flexibility index (Phi) is 3.57. The Balaban J connectivity index is 2.59. The molecule has 0 aliphatic carbocycles. The van der Waals surface area contributed by atoms with Crippen LogP contribution in [0, 0.1) is 0 Å². The molecule has 4 N–H and O–H groups in total. The molecule has 5 heteroatoms. The summed E-state index contributed by atoms with van der Waals surface area (Å²) >= 11 is 0. The first-order chi connectivity index (χ1) is 6.83. The van der Waals surface area contributed by atoms with Crippen molar-refractivity contribution in [3.05, 3.63) is 0 Å². The highest BCUT2D eigenvalue weighted by Gasteiger charge is 2.34. The normalized spacial score (nSPS) is 26.9. The van der Waals surface area contributed by atoms with E-state index in [0.29, 0.717) is 13.1 Å². The van der Waals surface area contributed by atoms with E-state index in [-0.39, 0.29) is 18.2 Å². The minimum atomic E-state index is -0.469. The molecule has 0 aromatic heterocycles. The van der Waals surface area contributed by atoms with Crippen LogP contribution in [0.25, 0.3) is 0 Å². The molecule has 0 unspecified atom stereocenters. The molecule has 0 saturated carbocycles. The van der Waals surface area contributed by atoms with Crippen LogP contribution in [0.5, 0.6) is 0 Å². The predicted octanol–water partition coefficient (Wildman–Crippen LogP) is 0.282. The fourth-order valence-electron chi connectivity index (χ4n) is 1.72. The summed E-state index contributed by atoms with van der Waals surface area (Å²) in [5.74, 6) is 0. The van der Waals surface area contributed by atoms with Gasteiger partial charge in [-0.1, -0.05) is 0 Å². The summed E-state index contributed by atoms with van der Waals surface area (Å²) in [7, 11) is 0. The monoisotopic (exact) mass is 215 g/mol. The quantitative estimate of drug-likeness (QED) is 0.658. The van der Waals surface area contributed by atoms with Gasteiger partial charge in [-0.05, 0) is 27.2 Å². The van der Waals surface area contributed by atoms with Gasteiger partial charge >= 0.3 is 6.09 Å². The molecule has 5 nitrogen and oxygen atoms in total. The predicted molar refractivity (Wildman–Crippen MR) is 58.4 cm³/mol. The Morgan fingerprint density at radius 2 is 2.13 bits per heavy atom. The molecular weight excluding hydrogens is 194 g/mol. The maximum absolute atomic E-state index is 11.8. The number of hydrogen-bond acceptors (Lipinski definition) is 4. The summed E-state index contributed by atoms with van der Waals surface area (Å²) in [4.78, 5) is 13.4. The standard InChI is InChI=1S/C10H21N3O2/c1-10(2,3)15-9(14)13-6-7(12)4-8(13)5-11/h7-8H,4-6,11-12H2,1-3H3/t7-,8-/m0/s1. The molecule has 0 spiro atoms. The number of carbonyl (C=O) groups excluding carboxylic acids is 1. The number of nitrogens with zero attached hydrogens (tertiary/aromatic N) is 1. The molecule has 1 aliphatic rings. The maximum atomic E-state index is 11.8. The van der Waals surface area contributed by atoms with E-state index in [4.69, 9.17) is 16.2 Å². The van der Waals surface area contributed by atoms with Crippen molar-refractivity contribution in [2.45, 2.75) is 44.9 Å². The lowest BCUT2D eigenvalue weighted by Gasteiger charge is -2.27. The van der Waals surface area contributed by atoms with Crippen molar-refractivity contribution >= 4 is 6.09 Å². The SMILES string of the molecule is CC(C)(C)OC(=O)N1C[C@@H](N)C[C@H]1CN. The van der Waals surface area contributed by atoms with Crippen LogP contribution in [0.4, 0.5) is 4.79 Å². The minimum Gasteiger partial charge on any atom is -0.444 e. The Hall–Kier alpha value is -0.810. The van der Waals surface area contributed by atoms with Crippen molar-refractivity contribution in [3.8, 4) is 0 Å². The van der Waals surface area contributed by atoms with Gasteiger partial charge in [-0.2, -0.15) is 0 Å². The van der Waals surface area contributed by atoms with E-state index in [2.05, 4.69) is 0 Å². The highest BCUT2D eigenvalue weighted by atomic mass is 16.6. The van der Waals surface area contributed by atoms with Crippen molar-refractivity contribution in [3.63, 3.8) is 0 Å². The van der Waals surface area contributed by atoms with Gasteiger partial charge in [0.05, 0.1) is 0 Å². The van der Waals surface area contributed by atoms with Gasteiger partial charge in [0, 0.05) is 25.2 Å². The van der Waals surface area contributed by atoms with Gasteiger partial charge in [-0.3, -0.25) is 0 Å². The van der Waals surface area contributed by atoms with Crippen LogP contribution in [0.2, 0.25) is 0 Å². The summed E-state index contributed by atoms with van der Waals surface area (Å²) in [6.07, 6.45) is 0.446. The van der Waals surface area contributed by atoms with Crippen molar-refractivity contribution in [2.24, 2.45) is 11.5 Å². The van der Waals surface area contributed by atoms with E-state index >= 15 is 0 Å². The van der Waals surface area contributed by atoms with Crippen LogP contribution in [-0.4, -0.2) is 41.8 Å². The molecule has 0 aromatic carbocycles.